The van der Waals surface area contributed by atoms with Crippen molar-refractivity contribution in [3.63, 3.8) is 0 Å². The number of benzene rings is 2. The fourth-order valence-corrected chi connectivity index (χ4v) is 6.76. The molecule has 1 aliphatic carbocycles. The number of urea groups is 1. The molecule has 0 saturated heterocycles. The van der Waals surface area contributed by atoms with E-state index >= 15 is 0 Å². The van der Waals surface area contributed by atoms with Gasteiger partial charge in [0.05, 0.1) is 24.0 Å². The Hall–Kier alpha value is -3.45. The number of carbonyl (C=O) groups excluding carboxylic acids is 1. The number of fused-ring (bicyclic) bond motifs is 5. The third-order valence-electron chi connectivity index (χ3n) is 6.97. The summed E-state index contributed by atoms with van der Waals surface area (Å²) in [7, 11) is 0. The molecule has 1 N–H and O–H groups in total. The number of carbonyl (C=O) groups is 1. The summed E-state index contributed by atoms with van der Waals surface area (Å²) in [5, 5.41) is 3.81. The molecule has 4 aromatic rings. The minimum absolute atomic E-state index is 0.162. The molecule has 0 radical (unpaired) electrons. The first-order valence-corrected chi connectivity index (χ1v) is 12.7. The van der Waals surface area contributed by atoms with Crippen LogP contribution in [0.25, 0.3) is 5.00 Å². The number of aryl methyl sites for hydroxylation is 2. The van der Waals surface area contributed by atoms with Crippen LogP contribution in [0.1, 0.15) is 51.7 Å². The van der Waals surface area contributed by atoms with Gasteiger partial charge in [-0.15, -0.1) is 11.3 Å². The van der Waals surface area contributed by atoms with Gasteiger partial charge in [-0.2, -0.15) is 0 Å². The Morgan fingerprint density at radius 1 is 1.03 bits per heavy atom. The second-order valence-corrected chi connectivity index (χ2v) is 10.4. The van der Waals surface area contributed by atoms with Crippen LogP contribution in [0.5, 0.6) is 0 Å². The molecule has 2 aromatic carbocycles. The summed E-state index contributed by atoms with van der Waals surface area (Å²) in [5.41, 5.74) is 5.38. The van der Waals surface area contributed by atoms with E-state index in [4.69, 9.17) is 0 Å². The quantitative estimate of drug-likeness (QED) is 0.319. The first-order valence-electron chi connectivity index (χ1n) is 11.9. The van der Waals surface area contributed by atoms with Crippen molar-refractivity contribution in [2.24, 2.45) is 0 Å². The maximum atomic E-state index is 14.5. The van der Waals surface area contributed by atoms with E-state index in [0.717, 1.165) is 64.8 Å². The van der Waals surface area contributed by atoms with Crippen molar-refractivity contribution in [2.45, 2.75) is 45.2 Å². The summed E-state index contributed by atoms with van der Waals surface area (Å²) in [6.45, 7) is 2.42. The summed E-state index contributed by atoms with van der Waals surface area (Å²) < 4.78 is 30.5. The largest absolute Gasteiger partial charge is 0.323 e. The lowest BCUT2D eigenvalue weighted by Gasteiger charge is -2.31. The monoisotopic (exact) mass is 489 g/mol. The van der Waals surface area contributed by atoms with Crippen LogP contribution in [0.3, 0.4) is 0 Å². The Bertz CT molecular complexity index is 1440. The van der Waals surface area contributed by atoms with E-state index in [1.165, 1.54) is 16.9 Å². The van der Waals surface area contributed by atoms with E-state index < -0.39 is 17.7 Å². The second-order valence-electron chi connectivity index (χ2n) is 9.30. The number of rotatable bonds is 2. The van der Waals surface area contributed by atoms with Gasteiger partial charge in [0.15, 0.2) is 0 Å². The summed E-state index contributed by atoms with van der Waals surface area (Å²) in [4.78, 5) is 17.0. The van der Waals surface area contributed by atoms with Gasteiger partial charge in [0.2, 0.25) is 0 Å². The van der Waals surface area contributed by atoms with Crippen LogP contribution < -0.4 is 5.32 Å². The SMILES string of the molecule is Cc1cccc([C@H]2c3cccn3-c3sc4c(c3CN2C(=O)Nc2cc(F)ccc2F)CCCC4)c1. The Labute approximate surface area is 206 Å². The van der Waals surface area contributed by atoms with Gasteiger partial charge >= 0.3 is 6.03 Å². The van der Waals surface area contributed by atoms with Gasteiger partial charge in [-0.05, 0) is 68.0 Å². The van der Waals surface area contributed by atoms with Crippen LogP contribution in [0.15, 0.2) is 60.8 Å². The molecule has 0 fully saturated rings. The zero-order valence-electron chi connectivity index (χ0n) is 19.4. The van der Waals surface area contributed by atoms with Crippen LogP contribution in [0.4, 0.5) is 19.3 Å². The van der Waals surface area contributed by atoms with Crippen LogP contribution in [-0.2, 0) is 19.4 Å². The molecular weight excluding hydrogens is 464 g/mol. The zero-order chi connectivity index (χ0) is 24.1. The van der Waals surface area contributed by atoms with Crippen molar-refractivity contribution in [1.29, 1.82) is 0 Å². The zero-order valence-corrected chi connectivity index (χ0v) is 20.2. The van der Waals surface area contributed by atoms with Crippen molar-refractivity contribution in [3.8, 4) is 5.00 Å². The molecule has 3 heterocycles. The predicted octanol–water partition coefficient (Wildman–Crippen LogP) is 7.14. The highest BCUT2D eigenvalue weighted by molar-refractivity contribution is 7.15. The number of aromatic nitrogens is 1. The number of nitrogens with one attached hydrogen (secondary N) is 1. The molecule has 0 saturated carbocycles. The lowest BCUT2D eigenvalue weighted by Crippen LogP contribution is -2.38. The highest BCUT2D eigenvalue weighted by atomic mass is 32.1. The van der Waals surface area contributed by atoms with Crippen LogP contribution in [0, 0.1) is 18.6 Å². The third kappa shape index (κ3) is 3.84. The van der Waals surface area contributed by atoms with Crippen LogP contribution >= 0.6 is 11.3 Å². The molecule has 6 rings (SSSR count). The Kier molecular flexibility index (Phi) is 5.44. The predicted molar refractivity (Wildman–Crippen MR) is 134 cm³/mol. The van der Waals surface area contributed by atoms with Gasteiger partial charge in [-0.1, -0.05) is 29.8 Å². The van der Waals surface area contributed by atoms with Crippen LogP contribution in [-0.4, -0.2) is 15.5 Å². The molecule has 0 spiro atoms. The number of hydrogen-bond donors (Lipinski definition) is 1. The molecule has 1 atom stereocenters. The molecule has 1 aliphatic heterocycles. The highest BCUT2D eigenvalue weighted by Gasteiger charge is 2.36. The Morgan fingerprint density at radius 3 is 2.74 bits per heavy atom. The molecule has 2 aliphatic rings. The van der Waals surface area contributed by atoms with E-state index in [2.05, 4.69) is 22.1 Å². The molecule has 178 valence electrons. The van der Waals surface area contributed by atoms with Crippen LogP contribution in [0.2, 0.25) is 0 Å². The molecule has 0 unspecified atom stereocenters. The summed E-state index contributed by atoms with van der Waals surface area (Å²) in [6, 6.07) is 14.4. The summed E-state index contributed by atoms with van der Waals surface area (Å²) >= 11 is 1.82. The lowest BCUT2D eigenvalue weighted by atomic mass is 9.95. The van der Waals surface area contributed by atoms with Gasteiger partial charge in [0, 0.05) is 22.7 Å². The van der Waals surface area contributed by atoms with E-state index in [1.807, 2.05) is 48.6 Å². The van der Waals surface area contributed by atoms with Crippen molar-refractivity contribution >= 4 is 23.1 Å². The van der Waals surface area contributed by atoms with Gasteiger partial charge in [0.1, 0.15) is 16.6 Å². The average molecular weight is 490 g/mol. The molecular formula is C28H25F2N3OS. The molecule has 4 nitrogen and oxygen atoms in total. The minimum atomic E-state index is -0.668. The van der Waals surface area contributed by atoms with E-state index in [1.54, 1.807) is 4.90 Å². The number of nitrogens with zero attached hydrogens (tertiary/aromatic N) is 2. The molecule has 2 amide bonds. The lowest BCUT2D eigenvalue weighted by molar-refractivity contribution is 0.194. The summed E-state index contributed by atoms with van der Waals surface area (Å²) in [5.74, 6) is -1.27. The second kappa shape index (κ2) is 8.64. The van der Waals surface area contributed by atoms with Crippen molar-refractivity contribution in [1.82, 2.24) is 9.47 Å². The first-order chi connectivity index (χ1) is 17.0. The Morgan fingerprint density at radius 2 is 1.89 bits per heavy atom. The average Bonchev–Trinajstić information content (AvgIpc) is 3.43. The Balaban J connectivity index is 1.51. The molecule has 7 heteroatoms. The van der Waals surface area contributed by atoms with E-state index in [0.29, 0.717) is 6.54 Å². The first kappa shape index (κ1) is 22.0. The topological polar surface area (TPSA) is 37.3 Å². The maximum absolute atomic E-state index is 14.5. The highest BCUT2D eigenvalue weighted by Crippen LogP contribution is 2.44. The number of anilines is 1. The van der Waals surface area contributed by atoms with E-state index in [9.17, 15) is 13.6 Å². The molecule has 2 aromatic heterocycles. The number of halogens is 2. The van der Waals surface area contributed by atoms with Gasteiger partial charge in [-0.25, -0.2) is 13.6 Å². The number of hydrogen-bond acceptors (Lipinski definition) is 2. The van der Waals surface area contributed by atoms with Gasteiger partial charge < -0.3 is 14.8 Å². The third-order valence-corrected chi connectivity index (χ3v) is 8.30. The fourth-order valence-electron chi connectivity index (χ4n) is 5.36. The normalized spacial score (nSPS) is 16.8. The number of thiophene rings is 1. The van der Waals surface area contributed by atoms with Gasteiger partial charge in [-0.3, -0.25) is 0 Å². The van der Waals surface area contributed by atoms with Crippen molar-refractivity contribution in [3.05, 3.63) is 105 Å². The maximum Gasteiger partial charge on any atom is 0.323 e. The van der Waals surface area contributed by atoms with Gasteiger partial charge in [0.25, 0.3) is 0 Å². The van der Waals surface area contributed by atoms with Crippen molar-refractivity contribution in [2.75, 3.05) is 5.32 Å². The number of amides is 2. The summed E-state index contributed by atoms with van der Waals surface area (Å²) in [6.07, 6.45) is 6.44. The van der Waals surface area contributed by atoms with E-state index in [-0.39, 0.29) is 11.7 Å². The molecule has 35 heavy (non-hydrogen) atoms. The smallest absolute Gasteiger partial charge is 0.310 e. The molecule has 0 bridgehead atoms. The minimum Gasteiger partial charge on any atom is -0.310 e. The van der Waals surface area contributed by atoms with Crippen molar-refractivity contribution < 1.29 is 13.6 Å². The standard InChI is InChI=1S/C28H25F2N3OS/c1-17-6-4-7-18(14-17)26-24-9-5-13-32(24)27-21(20-8-2-3-10-25(20)35-27)16-33(26)28(34)31-23-15-19(29)11-12-22(23)30/h4-7,9,11-15,26H,2-3,8,10,16H2,1H3,(H,31,34)/t26-/m0/s1. The fraction of sp³-hybridized carbons (Fsp3) is 0.250.